The van der Waals surface area contributed by atoms with E-state index in [0.29, 0.717) is 13.1 Å². The molecule has 3 aromatic heterocycles. The summed E-state index contributed by atoms with van der Waals surface area (Å²) in [7, 11) is 0. The molecule has 3 heterocycles. The van der Waals surface area contributed by atoms with Gasteiger partial charge in [-0.2, -0.15) is 0 Å². The van der Waals surface area contributed by atoms with Gasteiger partial charge in [0.1, 0.15) is 0 Å². The Morgan fingerprint density at radius 3 is 2.83 bits per heavy atom. The molecule has 0 N–H and O–H groups in total. The van der Waals surface area contributed by atoms with Crippen molar-refractivity contribution in [3.63, 3.8) is 0 Å². The lowest BCUT2D eigenvalue weighted by molar-refractivity contribution is 0.0763. The van der Waals surface area contributed by atoms with Crippen LogP contribution in [-0.2, 0) is 6.54 Å². The number of nitrogens with zero attached hydrogens (tertiary/aromatic N) is 3. The third kappa shape index (κ3) is 3.20. The molecule has 0 fully saturated rings. The van der Waals surface area contributed by atoms with Crippen LogP contribution in [-0.4, -0.2) is 26.9 Å². The first-order valence-corrected chi connectivity index (χ1v) is 9.39. The Bertz CT molecular complexity index is 832. The largest absolute Gasteiger partial charge is 0.330 e. The highest BCUT2D eigenvalue weighted by Crippen LogP contribution is 2.24. The molecular weight excluding hydrogens is 338 g/mol. The first-order chi connectivity index (χ1) is 11.6. The Hall–Kier alpha value is -2.18. The van der Waals surface area contributed by atoms with Gasteiger partial charge in [-0.1, -0.05) is 12.1 Å². The molecule has 0 unspecified atom stereocenters. The summed E-state index contributed by atoms with van der Waals surface area (Å²) < 4.78 is 2.04. The molecule has 0 radical (unpaired) electrons. The second-order valence-electron chi connectivity index (χ2n) is 5.49. The van der Waals surface area contributed by atoms with Crippen molar-refractivity contribution in [1.29, 1.82) is 0 Å². The molecule has 0 saturated carbocycles. The van der Waals surface area contributed by atoms with E-state index in [1.165, 1.54) is 4.88 Å². The van der Waals surface area contributed by atoms with E-state index < -0.39 is 0 Å². The van der Waals surface area contributed by atoms with Gasteiger partial charge in [0.2, 0.25) is 0 Å². The number of amides is 1. The minimum atomic E-state index is 0.0270. The minimum absolute atomic E-state index is 0.0270. The number of hydrogen-bond acceptors (Lipinski definition) is 4. The summed E-state index contributed by atoms with van der Waals surface area (Å²) in [6.45, 7) is 8.89. The molecule has 6 heteroatoms. The molecule has 0 aliphatic heterocycles. The van der Waals surface area contributed by atoms with Crippen molar-refractivity contribution in [1.82, 2.24) is 14.5 Å². The quantitative estimate of drug-likeness (QED) is 0.612. The number of aryl methyl sites for hydroxylation is 1. The number of carbonyl (C=O) groups is 1. The average molecular weight is 358 g/mol. The van der Waals surface area contributed by atoms with Crippen LogP contribution in [0.2, 0.25) is 0 Å². The van der Waals surface area contributed by atoms with Crippen molar-refractivity contribution >= 4 is 28.6 Å². The highest BCUT2D eigenvalue weighted by molar-refractivity contribution is 7.12. The van der Waals surface area contributed by atoms with Gasteiger partial charge in [-0.15, -0.1) is 29.3 Å². The molecule has 0 bridgehead atoms. The number of thiazole rings is 1. The smallest absolute Gasteiger partial charge is 0.256 e. The number of aromatic nitrogens is 2. The first-order valence-electron chi connectivity index (χ1n) is 7.63. The molecule has 1 amide bonds. The topological polar surface area (TPSA) is 38.1 Å². The SMILES string of the molecule is C=CCN(Cc1cccs1)C(=O)c1cc(C)n(-c2nccs2)c1C. The molecule has 0 spiro atoms. The third-order valence-electron chi connectivity index (χ3n) is 3.84. The minimum Gasteiger partial charge on any atom is -0.330 e. The van der Waals surface area contributed by atoms with Crippen molar-refractivity contribution < 1.29 is 4.79 Å². The van der Waals surface area contributed by atoms with Crippen LogP contribution in [0.25, 0.3) is 5.13 Å². The lowest BCUT2D eigenvalue weighted by Crippen LogP contribution is -2.30. The molecule has 4 nitrogen and oxygen atoms in total. The van der Waals surface area contributed by atoms with E-state index in [0.717, 1.165) is 22.1 Å². The molecule has 3 rings (SSSR count). The van der Waals surface area contributed by atoms with Crippen molar-refractivity contribution in [3.05, 3.63) is 69.6 Å². The van der Waals surface area contributed by atoms with Crippen LogP contribution < -0.4 is 0 Å². The van der Waals surface area contributed by atoms with Crippen molar-refractivity contribution in [2.45, 2.75) is 20.4 Å². The highest BCUT2D eigenvalue weighted by atomic mass is 32.1. The van der Waals surface area contributed by atoms with Crippen molar-refractivity contribution in [3.8, 4) is 5.13 Å². The van der Waals surface area contributed by atoms with Crippen LogP contribution >= 0.6 is 22.7 Å². The van der Waals surface area contributed by atoms with Gasteiger partial charge in [0, 0.05) is 34.4 Å². The summed E-state index contributed by atoms with van der Waals surface area (Å²) in [6, 6.07) is 6.00. The number of rotatable bonds is 6. The van der Waals surface area contributed by atoms with E-state index in [1.807, 2.05) is 52.3 Å². The summed E-state index contributed by atoms with van der Waals surface area (Å²) in [5.74, 6) is 0.0270. The summed E-state index contributed by atoms with van der Waals surface area (Å²) in [5, 5.41) is 4.86. The normalized spacial score (nSPS) is 10.8. The summed E-state index contributed by atoms with van der Waals surface area (Å²) in [5.41, 5.74) is 2.66. The lowest BCUT2D eigenvalue weighted by Gasteiger charge is -2.20. The fourth-order valence-electron chi connectivity index (χ4n) is 2.74. The van der Waals surface area contributed by atoms with Crippen LogP contribution in [0.5, 0.6) is 0 Å². The van der Waals surface area contributed by atoms with Gasteiger partial charge in [0.25, 0.3) is 5.91 Å². The van der Waals surface area contributed by atoms with Crippen molar-refractivity contribution in [2.75, 3.05) is 6.54 Å². The average Bonchev–Trinajstić information content (AvgIpc) is 3.28. The van der Waals surface area contributed by atoms with E-state index in [-0.39, 0.29) is 5.91 Å². The monoisotopic (exact) mass is 357 g/mol. The number of hydrogen-bond donors (Lipinski definition) is 0. The number of thiophene rings is 1. The fraction of sp³-hybridized carbons (Fsp3) is 0.222. The van der Waals surface area contributed by atoms with Gasteiger partial charge < -0.3 is 4.90 Å². The summed E-state index contributed by atoms with van der Waals surface area (Å²) >= 11 is 3.22. The second kappa shape index (κ2) is 7.15. The van der Waals surface area contributed by atoms with E-state index in [2.05, 4.69) is 11.6 Å². The molecule has 0 atom stereocenters. The Morgan fingerprint density at radius 1 is 1.38 bits per heavy atom. The van der Waals surface area contributed by atoms with Gasteiger partial charge in [-0.05, 0) is 31.4 Å². The molecule has 0 aliphatic rings. The zero-order valence-electron chi connectivity index (χ0n) is 13.7. The van der Waals surface area contributed by atoms with Gasteiger partial charge in [-0.3, -0.25) is 9.36 Å². The van der Waals surface area contributed by atoms with Gasteiger partial charge in [0.15, 0.2) is 5.13 Å². The maximum Gasteiger partial charge on any atom is 0.256 e. The summed E-state index contributed by atoms with van der Waals surface area (Å²) in [4.78, 5) is 20.4. The van der Waals surface area contributed by atoms with E-state index in [4.69, 9.17) is 0 Å². The predicted octanol–water partition coefficient (Wildman–Crippen LogP) is 4.44. The standard InChI is InChI=1S/C18H19N3OS2/c1-4-8-20(12-15-6-5-9-23-15)17(22)16-11-13(2)21(14(16)3)18-19-7-10-24-18/h4-7,9-11H,1,8,12H2,2-3H3. The van der Waals surface area contributed by atoms with Crippen LogP contribution in [0, 0.1) is 13.8 Å². The summed E-state index contributed by atoms with van der Waals surface area (Å²) in [6.07, 6.45) is 3.55. The Balaban J connectivity index is 1.93. The fourth-order valence-corrected chi connectivity index (χ4v) is 4.21. The molecule has 124 valence electrons. The zero-order valence-corrected chi connectivity index (χ0v) is 15.4. The Labute approximate surface area is 149 Å². The first kappa shape index (κ1) is 16.7. The van der Waals surface area contributed by atoms with Crippen LogP contribution in [0.1, 0.15) is 26.6 Å². The maximum absolute atomic E-state index is 13.1. The van der Waals surface area contributed by atoms with E-state index >= 15 is 0 Å². The molecule has 0 aliphatic carbocycles. The van der Waals surface area contributed by atoms with Gasteiger partial charge >= 0.3 is 0 Å². The molecule has 3 aromatic rings. The molecular formula is C18H19N3OS2. The lowest BCUT2D eigenvalue weighted by atomic mass is 10.2. The molecule has 0 aromatic carbocycles. The van der Waals surface area contributed by atoms with Crippen LogP contribution in [0.15, 0.2) is 47.8 Å². The molecule has 24 heavy (non-hydrogen) atoms. The third-order valence-corrected chi connectivity index (χ3v) is 5.45. The van der Waals surface area contributed by atoms with Gasteiger partial charge in [-0.25, -0.2) is 4.98 Å². The maximum atomic E-state index is 13.1. The van der Waals surface area contributed by atoms with Crippen molar-refractivity contribution in [2.24, 2.45) is 0 Å². The second-order valence-corrected chi connectivity index (χ2v) is 7.39. The van der Waals surface area contributed by atoms with Crippen LogP contribution in [0.3, 0.4) is 0 Å². The van der Waals surface area contributed by atoms with Gasteiger partial charge in [0.05, 0.1) is 12.1 Å². The Kier molecular flexibility index (Phi) is 4.97. The molecule has 0 saturated heterocycles. The highest BCUT2D eigenvalue weighted by Gasteiger charge is 2.22. The van der Waals surface area contributed by atoms with E-state index in [1.54, 1.807) is 34.9 Å². The number of carbonyl (C=O) groups excluding carboxylic acids is 1. The Morgan fingerprint density at radius 2 is 2.21 bits per heavy atom. The predicted molar refractivity (Wildman–Crippen MR) is 100 cm³/mol. The van der Waals surface area contributed by atoms with Crippen LogP contribution in [0.4, 0.5) is 0 Å². The van der Waals surface area contributed by atoms with E-state index in [9.17, 15) is 4.79 Å². The zero-order chi connectivity index (χ0) is 17.1.